The molecule has 0 bridgehead atoms. The minimum absolute atomic E-state index is 0. The quantitative estimate of drug-likeness (QED) is 0.0958. The fraction of sp³-hybridized carbons (Fsp3) is 0.391. The molecule has 0 amide bonds. The molecule has 4 aliphatic carbocycles. The van der Waals surface area contributed by atoms with Crippen LogP contribution in [0.25, 0.3) is 0 Å². The summed E-state index contributed by atoms with van der Waals surface area (Å²) in [4.78, 5) is 0. The molecular weight excluding hydrogens is 898 g/mol. The summed E-state index contributed by atoms with van der Waals surface area (Å²) in [6.07, 6.45) is 2.64. The minimum atomic E-state index is -5.30. The van der Waals surface area contributed by atoms with Crippen LogP contribution in [0.15, 0.2) is 126 Å². The Morgan fingerprint density at radius 3 is 1.38 bits per heavy atom. The molecule has 0 radical (unpaired) electrons. The topological polar surface area (TPSA) is 0 Å². The van der Waals surface area contributed by atoms with E-state index in [1.807, 2.05) is 48.6 Å². The Morgan fingerprint density at radius 1 is 0.574 bits per heavy atom. The summed E-state index contributed by atoms with van der Waals surface area (Å²) in [6, 6.07) is 11.5. The van der Waals surface area contributed by atoms with Crippen molar-refractivity contribution in [1.82, 2.24) is 0 Å². The van der Waals surface area contributed by atoms with E-state index in [-0.39, 0.29) is 29.2 Å². The van der Waals surface area contributed by atoms with E-state index in [1.165, 1.54) is 6.92 Å². The number of benzene rings is 2. The van der Waals surface area contributed by atoms with Crippen molar-refractivity contribution < 1.29 is 69.8 Å². The zero-order valence-electron chi connectivity index (χ0n) is 33.0. The van der Waals surface area contributed by atoms with Crippen LogP contribution in [0.5, 0.6) is 0 Å². The summed E-state index contributed by atoms with van der Waals surface area (Å²) < 4.78 is 170. The second-order valence-electron chi connectivity index (χ2n) is 15.4. The van der Waals surface area contributed by atoms with Crippen LogP contribution in [0.2, 0.25) is 0 Å². The molecule has 2 saturated carbocycles. The molecular formula is C46H44F12FeP2. The van der Waals surface area contributed by atoms with Crippen LogP contribution in [0, 0.1) is 5.66 Å². The van der Waals surface area contributed by atoms with Gasteiger partial charge in [0.1, 0.15) is 0 Å². The third-order valence-electron chi connectivity index (χ3n) is 11.4. The zero-order chi connectivity index (χ0) is 43.5. The Balaban J connectivity index is 0.00000109. The van der Waals surface area contributed by atoms with Crippen molar-refractivity contribution in [3.8, 4) is 0 Å². The number of halogens is 12. The number of hydrogen-bond acceptors (Lipinski definition) is 0. The minimum Gasteiger partial charge on any atom is -0.214 e. The molecule has 0 unspecified atom stereocenters. The smallest absolute Gasteiger partial charge is 0.214 e. The maximum atomic E-state index is 14.2. The van der Waals surface area contributed by atoms with Crippen LogP contribution in [0.1, 0.15) is 93.4 Å². The third kappa shape index (κ3) is 12.1. The number of allylic oxidation sites excluding steroid dienone is 10. The van der Waals surface area contributed by atoms with Crippen molar-refractivity contribution in [1.29, 1.82) is 0 Å². The van der Waals surface area contributed by atoms with E-state index >= 15 is 0 Å². The largest absolute Gasteiger partial charge is 2.00 e. The van der Waals surface area contributed by atoms with Gasteiger partial charge in [-0.15, -0.1) is 43.5 Å². The molecule has 330 valence electrons. The summed E-state index contributed by atoms with van der Waals surface area (Å²) in [5, 5.41) is -1.30. The van der Waals surface area contributed by atoms with Crippen LogP contribution in [-0.2, 0) is 41.8 Å². The van der Waals surface area contributed by atoms with Gasteiger partial charge in [0.2, 0.25) is 0 Å². The van der Waals surface area contributed by atoms with E-state index in [9.17, 15) is 52.7 Å². The molecule has 0 heterocycles. The monoisotopic (exact) mass is 942 g/mol. The molecule has 15 heteroatoms. The summed E-state index contributed by atoms with van der Waals surface area (Å²) >= 11 is 0. The molecule has 0 nitrogen and oxygen atoms in total. The van der Waals surface area contributed by atoms with Gasteiger partial charge < -0.3 is 0 Å². The van der Waals surface area contributed by atoms with Crippen molar-refractivity contribution in [2.24, 2.45) is 0 Å². The van der Waals surface area contributed by atoms with Crippen molar-refractivity contribution in [3.05, 3.63) is 154 Å². The fourth-order valence-corrected chi connectivity index (χ4v) is 15.4. The molecule has 0 N–H and O–H groups in total. The molecule has 3 aromatic rings. The molecule has 7 rings (SSSR count). The van der Waals surface area contributed by atoms with Crippen LogP contribution in [0.3, 0.4) is 0 Å². The van der Waals surface area contributed by atoms with Crippen LogP contribution >= 0.6 is 15.8 Å². The van der Waals surface area contributed by atoms with Crippen molar-refractivity contribution >= 4 is 26.5 Å². The first-order valence-electron chi connectivity index (χ1n) is 19.9. The Hall–Kier alpha value is -3.10. The van der Waals surface area contributed by atoms with Crippen molar-refractivity contribution in [2.75, 3.05) is 0 Å². The zero-order valence-corrected chi connectivity index (χ0v) is 35.9. The summed E-state index contributed by atoms with van der Waals surface area (Å²) in [6.45, 7) is 1.46. The number of hydrogen-bond donors (Lipinski definition) is 0. The first-order valence-corrected chi connectivity index (χ1v) is 22.8. The van der Waals surface area contributed by atoms with Gasteiger partial charge in [-0.3, -0.25) is 0 Å². The first-order chi connectivity index (χ1) is 28.2. The van der Waals surface area contributed by atoms with Crippen molar-refractivity contribution in [2.45, 2.75) is 113 Å². The number of rotatable bonds is 7. The SMILES string of the molecule is C[C@H](C1=CC=C/C1=C1/C=CC=C[C-]1P(C1CCCCC1)C1CCCCC1)P(c1cc(C(F)(F)F)cc(C(F)(F)F)c1)c1cc(C(F)(F)F)cc(C(F)(F)F)c1.[Fe+2].c1cc[cH-]c1. The van der Waals surface area contributed by atoms with Gasteiger partial charge in [-0.25, -0.2) is 12.1 Å². The van der Waals surface area contributed by atoms with Gasteiger partial charge in [0.15, 0.2) is 0 Å². The molecule has 3 aromatic carbocycles. The maximum Gasteiger partial charge on any atom is 2.00 e. The summed E-state index contributed by atoms with van der Waals surface area (Å²) in [5.41, 5.74) is -4.08. The Bertz CT molecular complexity index is 1900. The van der Waals surface area contributed by atoms with Gasteiger partial charge in [0.05, 0.1) is 22.3 Å². The summed E-state index contributed by atoms with van der Waals surface area (Å²) in [7, 11) is -3.48. The van der Waals surface area contributed by atoms with E-state index in [0.29, 0.717) is 46.7 Å². The Labute approximate surface area is 361 Å². The van der Waals surface area contributed by atoms with Gasteiger partial charge >= 0.3 is 41.8 Å². The predicted octanol–water partition coefficient (Wildman–Crippen LogP) is 15.6. The van der Waals surface area contributed by atoms with Crippen LogP contribution in [0.4, 0.5) is 52.7 Å². The second kappa shape index (κ2) is 20.2. The second-order valence-corrected chi connectivity index (χ2v) is 20.7. The van der Waals surface area contributed by atoms with E-state index in [0.717, 1.165) is 75.4 Å². The standard InChI is InChI=1S/C41H39F12P2.C5H5.Fe/c1-25(34-16-10-17-35(34)36-15-8-9-18-37(36)55(30-11-4-2-5-12-30)31-13-6-3-7-14-31)54(32-21-26(38(42,43)44)19-27(22-32)39(45,46)47)33-23-28(40(48,49)50)20-29(24-33)41(51,52)53;1-2-4-5-3-1;/h8-10,15-25,30-31H,2-7,11-14H2,1H3;1-5H;/q2*-1;+2/b36-35+;;/t25-;;/m1../s1. The van der Waals surface area contributed by atoms with E-state index < -0.39 is 79.1 Å². The molecule has 2 fully saturated rings. The fourth-order valence-electron chi connectivity index (χ4n) is 8.59. The molecule has 61 heavy (non-hydrogen) atoms. The maximum absolute atomic E-state index is 14.2. The molecule has 0 aliphatic heterocycles. The molecule has 4 aliphatic rings. The average Bonchev–Trinajstić information content (AvgIpc) is 3.95. The molecule has 0 spiro atoms. The normalized spacial score (nSPS) is 19.9. The average molecular weight is 943 g/mol. The van der Waals surface area contributed by atoms with E-state index in [2.05, 4.69) is 6.08 Å². The van der Waals surface area contributed by atoms with Gasteiger partial charge in [-0.05, 0) is 91.9 Å². The Morgan fingerprint density at radius 2 is 1.00 bits per heavy atom. The molecule has 0 saturated heterocycles. The van der Waals surface area contributed by atoms with Crippen molar-refractivity contribution in [3.63, 3.8) is 0 Å². The van der Waals surface area contributed by atoms with Gasteiger partial charge in [0, 0.05) is 5.66 Å². The van der Waals surface area contributed by atoms with Crippen LogP contribution < -0.4 is 10.6 Å². The van der Waals surface area contributed by atoms with E-state index in [1.54, 1.807) is 18.2 Å². The first kappa shape index (κ1) is 48.9. The van der Waals surface area contributed by atoms with E-state index in [4.69, 9.17) is 0 Å². The Kier molecular flexibility index (Phi) is 16.2. The molecule has 1 atom stereocenters. The van der Waals surface area contributed by atoms with Gasteiger partial charge in [0.25, 0.3) is 0 Å². The van der Waals surface area contributed by atoms with Gasteiger partial charge in [-0.1, -0.05) is 74.8 Å². The van der Waals surface area contributed by atoms with Crippen LogP contribution in [-0.4, -0.2) is 17.0 Å². The predicted molar refractivity (Wildman–Crippen MR) is 217 cm³/mol. The molecule has 0 aromatic heterocycles. The summed E-state index contributed by atoms with van der Waals surface area (Å²) in [5.74, 6) is 0. The third-order valence-corrected chi connectivity index (χ3v) is 17.6. The van der Waals surface area contributed by atoms with Gasteiger partial charge in [-0.2, -0.15) is 70.9 Å². The number of alkyl halides is 12.